The molecule has 298 valence electrons. The Hall–Kier alpha value is -1.77. The van der Waals surface area contributed by atoms with Gasteiger partial charge in [0, 0.05) is 85.2 Å². The molecule has 0 aromatic rings. The van der Waals surface area contributed by atoms with Crippen molar-refractivity contribution in [3.63, 3.8) is 0 Å². The Labute approximate surface area is 332 Å². The van der Waals surface area contributed by atoms with Gasteiger partial charge in [-0.3, -0.25) is 0 Å². The maximum atomic E-state index is 3.15. The standard InChI is InChI=1S/C51H80N3/c1-3-5-35-52-45(43-25-13-17-37-19-15-27-47(52)49(37)43)33-31-39-29-30-40(51(39)54(41-21-9-7-10-22-41)42-23-11-8-12-24-42)32-34-46-44-26-14-18-38-20-16-28-48(50(38)44)53(46)36-6-4-2/h31-34,37-38,41-44,47-50H,3-30,35-36H2,1-2H3/q+1. The highest BCUT2D eigenvalue weighted by molar-refractivity contribution is 6.12. The van der Waals surface area contributed by atoms with E-state index in [4.69, 9.17) is 0 Å². The van der Waals surface area contributed by atoms with Crippen LogP contribution < -0.4 is 0 Å². The normalized spacial score (nSPS) is 39.0. The lowest BCUT2D eigenvalue weighted by Crippen LogP contribution is -2.42. The van der Waals surface area contributed by atoms with Gasteiger partial charge in [0.25, 0.3) is 0 Å². The van der Waals surface area contributed by atoms with Gasteiger partial charge in [0.05, 0.1) is 0 Å². The maximum Gasteiger partial charge on any atom is 0.206 e. The Morgan fingerprint density at radius 2 is 0.907 bits per heavy atom. The van der Waals surface area contributed by atoms with Gasteiger partial charge in [0.2, 0.25) is 5.71 Å². The number of unbranched alkanes of at least 4 members (excludes halogenated alkanes) is 2. The molecule has 2 aliphatic heterocycles. The molecule has 3 heteroatoms. The zero-order valence-corrected chi connectivity index (χ0v) is 35.1. The summed E-state index contributed by atoms with van der Waals surface area (Å²) in [7, 11) is 0. The lowest BCUT2D eigenvalue weighted by molar-refractivity contribution is -0.607. The topological polar surface area (TPSA) is 9.49 Å². The van der Waals surface area contributed by atoms with E-state index in [0.29, 0.717) is 0 Å². The van der Waals surface area contributed by atoms with E-state index < -0.39 is 0 Å². The van der Waals surface area contributed by atoms with Gasteiger partial charge in [-0.05, 0) is 113 Å². The van der Waals surface area contributed by atoms with Crippen LogP contribution in [0.1, 0.15) is 194 Å². The number of nitrogens with zero attached hydrogens (tertiary/aromatic N) is 3. The van der Waals surface area contributed by atoms with Crippen LogP contribution in [-0.2, 0) is 0 Å². The molecule has 9 rings (SSSR count). The number of allylic oxidation sites excluding steroid dienone is 8. The second-order valence-corrected chi connectivity index (χ2v) is 20.2. The van der Waals surface area contributed by atoms with Crippen LogP contribution in [0.4, 0.5) is 0 Å². The van der Waals surface area contributed by atoms with E-state index in [-0.39, 0.29) is 0 Å². The fraction of sp³-hybridized carbons (Fsp3) is 0.824. The van der Waals surface area contributed by atoms with Crippen molar-refractivity contribution < 1.29 is 4.58 Å². The first-order valence-electron chi connectivity index (χ1n) is 24.8. The van der Waals surface area contributed by atoms with Crippen molar-refractivity contribution in [1.29, 1.82) is 0 Å². The average Bonchev–Trinajstić information content (AvgIpc) is 3.86. The Bertz CT molecular complexity index is 1340. The molecule has 9 fully saturated rings. The molecule has 0 bridgehead atoms. The second kappa shape index (κ2) is 17.4. The molecule has 0 aromatic heterocycles. The highest BCUT2D eigenvalue weighted by atomic mass is 15.2. The molecule has 8 atom stereocenters. The molecule has 3 nitrogen and oxygen atoms in total. The van der Waals surface area contributed by atoms with Crippen molar-refractivity contribution in [2.45, 2.75) is 218 Å². The number of likely N-dealkylation sites (tertiary alicyclic amines) is 2. The Morgan fingerprint density at radius 3 is 1.33 bits per heavy atom. The first kappa shape index (κ1) is 37.8. The molecule has 8 unspecified atom stereocenters. The molecule has 9 aliphatic rings. The third-order valence-corrected chi connectivity index (χ3v) is 17.3. The van der Waals surface area contributed by atoms with Gasteiger partial charge in [-0.2, -0.15) is 0 Å². The number of hydrogen-bond donors (Lipinski definition) is 0. The van der Waals surface area contributed by atoms with Crippen molar-refractivity contribution in [1.82, 2.24) is 9.80 Å². The fourth-order valence-corrected chi connectivity index (χ4v) is 15.1. The van der Waals surface area contributed by atoms with E-state index in [2.05, 4.69) is 52.5 Å². The first-order chi connectivity index (χ1) is 26.7. The molecule has 54 heavy (non-hydrogen) atoms. The van der Waals surface area contributed by atoms with Gasteiger partial charge < -0.3 is 9.80 Å². The van der Waals surface area contributed by atoms with Gasteiger partial charge in [0.15, 0.2) is 12.1 Å². The molecule has 0 spiro atoms. The van der Waals surface area contributed by atoms with Gasteiger partial charge >= 0.3 is 0 Å². The van der Waals surface area contributed by atoms with Crippen molar-refractivity contribution in [2.24, 2.45) is 35.5 Å². The summed E-state index contributed by atoms with van der Waals surface area (Å²) < 4.78 is 3.15. The highest BCUT2D eigenvalue weighted by Crippen LogP contribution is 2.56. The second-order valence-electron chi connectivity index (χ2n) is 20.2. The molecule has 2 saturated heterocycles. The highest BCUT2D eigenvalue weighted by Gasteiger charge is 2.52. The molecular weight excluding hydrogens is 655 g/mol. The van der Waals surface area contributed by atoms with Gasteiger partial charge in [-0.15, -0.1) is 0 Å². The third kappa shape index (κ3) is 7.29. The Kier molecular flexibility index (Phi) is 12.2. The molecule has 2 heterocycles. The Morgan fingerprint density at radius 1 is 0.481 bits per heavy atom. The number of hydrogen-bond acceptors (Lipinski definition) is 2. The van der Waals surface area contributed by atoms with Crippen molar-refractivity contribution in [2.75, 3.05) is 13.1 Å². The quantitative estimate of drug-likeness (QED) is 0.207. The van der Waals surface area contributed by atoms with Crippen LogP contribution in [0.3, 0.4) is 0 Å². The molecular formula is C51H80N3+. The van der Waals surface area contributed by atoms with E-state index in [1.807, 2.05) is 0 Å². The summed E-state index contributed by atoms with van der Waals surface area (Å²) in [4.78, 5) is 6.01. The summed E-state index contributed by atoms with van der Waals surface area (Å²) in [6.45, 7) is 7.39. The minimum Gasteiger partial charge on any atom is -0.371 e. The first-order valence-corrected chi connectivity index (χ1v) is 24.8. The van der Waals surface area contributed by atoms with Crippen molar-refractivity contribution in [3.8, 4) is 0 Å². The lowest BCUT2D eigenvalue weighted by Gasteiger charge is -2.41. The fourth-order valence-electron chi connectivity index (χ4n) is 15.1. The summed E-state index contributed by atoms with van der Waals surface area (Å²) in [5, 5.41) is 0. The van der Waals surface area contributed by atoms with E-state index in [1.165, 1.54) is 193 Å². The predicted molar refractivity (Wildman–Crippen MR) is 228 cm³/mol. The van der Waals surface area contributed by atoms with Crippen LogP contribution in [0, 0.1) is 35.5 Å². The summed E-state index contributed by atoms with van der Waals surface area (Å²) in [6, 6.07) is 3.13. The molecule has 7 aliphatic carbocycles. The minimum atomic E-state index is 0.742. The molecule has 7 saturated carbocycles. The van der Waals surface area contributed by atoms with Crippen LogP contribution in [0.15, 0.2) is 46.8 Å². The largest absolute Gasteiger partial charge is 0.371 e. The maximum absolute atomic E-state index is 3.15. The van der Waals surface area contributed by atoms with Gasteiger partial charge in [-0.1, -0.05) is 103 Å². The van der Waals surface area contributed by atoms with E-state index in [9.17, 15) is 0 Å². The number of rotatable bonds is 10. The Balaban J connectivity index is 1.13. The molecule has 0 N–H and O–H groups in total. The minimum absolute atomic E-state index is 0.742. The van der Waals surface area contributed by atoms with E-state index in [0.717, 1.165) is 59.7 Å². The summed E-state index contributed by atoms with van der Waals surface area (Å²) in [6.07, 6.45) is 50.8. The monoisotopic (exact) mass is 735 g/mol. The van der Waals surface area contributed by atoms with E-state index >= 15 is 0 Å². The average molecular weight is 735 g/mol. The predicted octanol–water partition coefficient (Wildman–Crippen LogP) is 12.9. The van der Waals surface area contributed by atoms with Gasteiger partial charge in [0.1, 0.15) is 0 Å². The summed E-state index contributed by atoms with van der Waals surface area (Å²) in [5.41, 5.74) is 8.69. The summed E-state index contributed by atoms with van der Waals surface area (Å²) in [5.74, 6) is 5.50. The SMILES string of the molecule is CCCCN1/C(=C/C=C2\CC/C(=C\C=C3/C4CCCC5CCCC(C54)N3CCCC)C2=[N+](C2CCCCC2)C2CCCCC2)C2CCCC3CCCC1C32. The third-order valence-electron chi connectivity index (χ3n) is 17.3. The van der Waals surface area contributed by atoms with Crippen LogP contribution in [0.2, 0.25) is 0 Å². The molecule has 0 amide bonds. The zero-order chi connectivity index (χ0) is 36.4. The molecule has 0 radical (unpaired) electrons. The van der Waals surface area contributed by atoms with Crippen LogP contribution in [-0.4, -0.2) is 57.3 Å². The van der Waals surface area contributed by atoms with Crippen LogP contribution >= 0.6 is 0 Å². The van der Waals surface area contributed by atoms with Crippen LogP contribution in [0.25, 0.3) is 0 Å². The zero-order valence-electron chi connectivity index (χ0n) is 35.1. The lowest BCUT2D eigenvalue weighted by atomic mass is 9.65. The van der Waals surface area contributed by atoms with Crippen LogP contribution in [0.5, 0.6) is 0 Å². The van der Waals surface area contributed by atoms with Gasteiger partial charge in [-0.25, -0.2) is 4.58 Å². The molecule has 0 aromatic carbocycles. The smallest absolute Gasteiger partial charge is 0.206 e. The van der Waals surface area contributed by atoms with E-state index in [1.54, 1.807) is 28.3 Å². The van der Waals surface area contributed by atoms with Crippen molar-refractivity contribution in [3.05, 3.63) is 46.8 Å². The van der Waals surface area contributed by atoms with Crippen molar-refractivity contribution >= 4 is 5.71 Å². The summed E-state index contributed by atoms with van der Waals surface area (Å²) >= 11 is 0.